The number of anilines is 1. The van der Waals surface area contributed by atoms with Gasteiger partial charge in [0.2, 0.25) is 0 Å². The van der Waals surface area contributed by atoms with Crippen LogP contribution < -0.4 is 5.32 Å². The number of carbonyl (C=O) groups excluding carboxylic acids is 1. The smallest absolute Gasteiger partial charge is 0.258 e. The van der Waals surface area contributed by atoms with E-state index in [-0.39, 0.29) is 5.91 Å². The molecule has 1 N–H and O–H groups in total. The third kappa shape index (κ3) is 4.53. The molecule has 1 fully saturated rings. The molecule has 0 atom stereocenters. The van der Waals surface area contributed by atoms with Crippen molar-refractivity contribution >= 4 is 22.6 Å². The first-order valence-corrected chi connectivity index (χ1v) is 11.3. The molecule has 168 valence electrons. The van der Waals surface area contributed by atoms with Crippen LogP contribution in [0, 0.1) is 13.8 Å². The SMILES string of the molecule is Cc1cc(C(=O)Nc2ccc3cc(CN4CCOCC4)ccc3n2)c(C)n1-c1ccccc1. The lowest BCUT2D eigenvalue weighted by atomic mass is 10.1. The zero-order valence-corrected chi connectivity index (χ0v) is 19.0. The number of amides is 1. The number of fused-ring (bicyclic) bond motifs is 1. The summed E-state index contributed by atoms with van der Waals surface area (Å²) in [4.78, 5) is 20.1. The van der Waals surface area contributed by atoms with E-state index in [4.69, 9.17) is 4.74 Å². The first kappa shape index (κ1) is 21.4. The fraction of sp³-hybridized carbons (Fsp3) is 0.259. The number of nitrogens with one attached hydrogen (secondary N) is 1. The van der Waals surface area contributed by atoms with E-state index in [1.54, 1.807) is 0 Å². The summed E-state index contributed by atoms with van der Waals surface area (Å²) < 4.78 is 7.53. The topological polar surface area (TPSA) is 59.4 Å². The molecular formula is C27H28N4O2. The standard InChI is InChI=1S/C27H28N4O2/c1-19-16-24(20(2)31(19)23-6-4-3-5-7-23)27(32)29-26-11-9-22-17-21(8-10-25(22)28-26)18-30-12-14-33-15-13-30/h3-11,16-17H,12-15,18H2,1-2H3,(H,28,29,32). The monoisotopic (exact) mass is 440 g/mol. The Morgan fingerprint density at radius 3 is 2.58 bits per heavy atom. The van der Waals surface area contributed by atoms with Gasteiger partial charge in [0, 0.05) is 42.1 Å². The van der Waals surface area contributed by atoms with Crippen LogP contribution in [-0.4, -0.2) is 46.7 Å². The normalized spacial score (nSPS) is 14.5. The van der Waals surface area contributed by atoms with E-state index in [0.29, 0.717) is 11.4 Å². The number of carbonyl (C=O) groups is 1. The molecule has 1 aliphatic rings. The van der Waals surface area contributed by atoms with Crippen LogP contribution in [0.15, 0.2) is 66.7 Å². The molecule has 1 amide bonds. The van der Waals surface area contributed by atoms with Gasteiger partial charge in [-0.1, -0.05) is 24.3 Å². The molecule has 0 unspecified atom stereocenters. The molecule has 6 heteroatoms. The molecule has 0 saturated carbocycles. The second-order valence-corrected chi connectivity index (χ2v) is 8.52. The van der Waals surface area contributed by atoms with Gasteiger partial charge in [-0.25, -0.2) is 4.98 Å². The van der Waals surface area contributed by atoms with E-state index >= 15 is 0 Å². The van der Waals surface area contributed by atoms with Crippen LogP contribution >= 0.6 is 0 Å². The molecule has 5 rings (SSSR count). The lowest BCUT2D eigenvalue weighted by Crippen LogP contribution is -2.35. The number of nitrogens with zero attached hydrogens (tertiary/aromatic N) is 3. The van der Waals surface area contributed by atoms with Crippen LogP contribution in [0.2, 0.25) is 0 Å². The largest absolute Gasteiger partial charge is 0.379 e. The zero-order chi connectivity index (χ0) is 22.8. The Morgan fingerprint density at radius 2 is 1.79 bits per heavy atom. The van der Waals surface area contributed by atoms with Gasteiger partial charge in [0.05, 0.1) is 24.3 Å². The number of hydrogen-bond donors (Lipinski definition) is 1. The molecule has 0 spiro atoms. The Kier molecular flexibility index (Phi) is 5.94. The average Bonchev–Trinajstić information content (AvgIpc) is 3.14. The molecule has 2 aromatic heterocycles. The van der Waals surface area contributed by atoms with E-state index in [2.05, 4.69) is 31.9 Å². The molecule has 4 aromatic rings. The minimum atomic E-state index is -0.152. The van der Waals surface area contributed by atoms with Crippen LogP contribution in [0.5, 0.6) is 0 Å². The number of aromatic nitrogens is 2. The average molecular weight is 441 g/mol. The summed E-state index contributed by atoms with van der Waals surface area (Å²) in [5.74, 6) is 0.402. The van der Waals surface area contributed by atoms with E-state index in [1.807, 2.05) is 68.4 Å². The van der Waals surface area contributed by atoms with Gasteiger partial charge in [-0.2, -0.15) is 0 Å². The molecule has 1 aliphatic heterocycles. The fourth-order valence-electron chi connectivity index (χ4n) is 4.51. The maximum atomic E-state index is 13.1. The molecule has 0 aliphatic carbocycles. The van der Waals surface area contributed by atoms with Crippen molar-refractivity contribution in [2.45, 2.75) is 20.4 Å². The van der Waals surface area contributed by atoms with Crippen LogP contribution in [0.4, 0.5) is 5.82 Å². The highest BCUT2D eigenvalue weighted by atomic mass is 16.5. The van der Waals surface area contributed by atoms with Gasteiger partial charge in [0.15, 0.2) is 0 Å². The minimum absolute atomic E-state index is 0.152. The van der Waals surface area contributed by atoms with Crippen LogP contribution in [0.25, 0.3) is 16.6 Å². The number of para-hydroxylation sites is 1. The van der Waals surface area contributed by atoms with Gasteiger partial charge in [-0.3, -0.25) is 9.69 Å². The molecular weight excluding hydrogens is 412 g/mol. The second kappa shape index (κ2) is 9.17. The summed E-state index contributed by atoms with van der Waals surface area (Å²) in [5.41, 5.74) is 5.75. The third-order valence-electron chi connectivity index (χ3n) is 6.20. The number of morpholine rings is 1. The van der Waals surface area contributed by atoms with Crippen LogP contribution in [-0.2, 0) is 11.3 Å². The predicted molar refractivity (Wildman–Crippen MR) is 131 cm³/mol. The van der Waals surface area contributed by atoms with E-state index in [9.17, 15) is 4.79 Å². The number of hydrogen-bond acceptors (Lipinski definition) is 4. The zero-order valence-electron chi connectivity index (χ0n) is 19.0. The number of benzene rings is 2. The van der Waals surface area contributed by atoms with Gasteiger partial charge in [0.25, 0.3) is 5.91 Å². The number of pyridine rings is 1. The predicted octanol–water partition coefficient (Wildman–Crippen LogP) is 4.73. The molecule has 0 radical (unpaired) electrons. The van der Waals surface area contributed by atoms with E-state index in [0.717, 1.165) is 60.8 Å². The lowest BCUT2D eigenvalue weighted by molar-refractivity contribution is 0.0342. The van der Waals surface area contributed by atoms with Crippen molar-refractivity contribution < 1.29 is 9.53 Å². The minimum Gasteiger partial charge on any atom is -0.379 e. The van der Waals surface area contributed by atoms with Crippen LogP contribution in [0.3, 0.4) is 0 Å². The molecule has 3 heterocycles. The van der Waals surface area contributed by atoms with Crippen molar-refractivity contribution in [1.82, 2.24) is 14.5 Å². The van der Waals surface area contributed by atoms with Gasteiger partial charge in [-0.05, 0) is 61.9 Å². The Bertz CT molecular complexity index is 1290. The first-order chi connectivity index (χ1) is 16.1. The second-order valence-electron chi connectivity index (χ2n) is 8.52. The van der Waals surface area contributed by atoms with Crippen molar-refractivity contribution in [2.24, 2.45) is 0 Å². The van der Waals surface area contributed by atoms with Crippen LogP contribution in [0.1, 0.15) is 27.3 Å². The lowest BCUT2D eigenvalue weighted by Gasteiger charge is -2.26. The van der Waals surface area contributed by atoms with Crippen molar-refractivity contribution in [3.05, 3.63) is 89.2 Å². The molecule has 6 nitrogen and oxygen atoms in total. The quantitative estimate of drug-likeness (QED) is 0.488. The third-order valence-corrected chi connectivity index (χ3v) is 6.20. The highest BCUT2D eigenvalue weighted by molar-refractivity contribution is 6.05. The molecule has 2 aromatic carbocycles. The first-order valence-electron chi connectivity index (χ1n) is 11.3. The summed E-state index contributed by atoms with van der Waals surface area (Å²) in [6.07, 6.45) is 0. The van der Waals surface area contributed by atoms with E-state index < -0.39 is 0 Å². The summed E-state index contributed by atoms with van der Waals surface area (Å²) in [6.45, 7) is 8.42. The highest BCUT2D eigenvalue weighted by Gasteiger charge is 2.17. The maximum Gasteiger partial charge on any atom is 0.258 e. The van der Waals surface area contributed by atoms with Crippen molar-refractivity contribution in [2.75, 3.05) is 31.6 Å². The molecule has 0 bridgehead atoms. The van der Waals surface area contributed by atoms with Crippen molar-refractivity contribution in [3.63, 3.8) is 0 Å². The highest BCUT2D eigenvalue weighted by Crippen LogP contribution is 2.23. The Morgan fingerprint density at radius 1 is 1.00 bits per heavy atom. The Labute approximate surface area is 193 Å². The molecule has 1 saturated heterocycles. The van der Waals surface area contributed by atoms with Gasteiger partial charge in [-0.15, -0.1) is 0 Å². The number of rotatable bonds is 5. The Hall–Kier alpha value is -3.48. The van der Waals surface area contributed by atoms with Gasteiger partial charge >= 0.3 is 0 Å². The summed E-state index contributed by atoms with van der Waals surface area (Å²) in [6, 6.07) is 22.2. The summed E-state index contributed by atoms with van der Waals surface area (Å²) in [7, 11) is 0. The number of ether oxygens (including phenoxy) is 1. The number of aryl methyl sites for hydroxylation is 1. The van der Waals surface area contributed by atoms with E-state index in [1.165, 1.54) is 5.56 Å². The Balaban J connectivity index is 1.34. The van der Waals surface area contributed by atoms with Crippen molar-refractivity contribution in [3.8, 4) is 5.69 Å². The summed E-state index contributed by atoms with van der Waals surface area (Å²) in [5, 5.41) is 4.05. The fourth-order valence-corrected chi connectivity index (χ4v) is 4.51. The van der Waals surface area contributed by atoms with Gasteiger partial charge in [0.1, 0.15) is 5.82 Å². The van der Waals surface area contributed by atoms with Gasteiger partial charge < -0.3 is 14.6 Å². The maximum absolute atomic E-state index is 13.1. The summed E-state index contributed by atoms with van der Waals surface area (Å²) >= 11 is 0. The van der Waals surface area contributed by atoms with Crippen molar-refractivity contribution in [1.29, 1.82) is 0 Å². The molecule has 33 heavy (non-hydrogen) atoms.